The number of hydrogen-bond donors (Lipinski definition) is 0. The third kappa shape index (κ3) is 5.83. The van der Waals surface area contributed by atoms with Gasteiger partial charge in [0.1, 0.15) is 5.01 Å². The molecule has 98 valence electrons. The van der Waals surface area contributed by atoms with Crippen LogP contribution in [-0.4, -0.2) is 11.0 Å². The Labute approximate surface area is 113 Å². The van der Waals surface area contributed by atoms with Gasteiger partial charge >= 0.3 is 5.97 Å². The van der Waals surface area contributed by atoms with Gasteiger partial charge < -0.3 is 4.74 Å². The molecule has 0 aliphatic heterocycles. The lowest BCUT2D eigenvalue weighted by atomic mass is 10.1. The van der Waals surface area contributed by atoms with Crippen LogP contribution in [-0.2, 0) is 9.53 Å². The molecule has 0 aliphatic rings. The predicted octanol–water partition coefficient (Wildman–Crippen LogP) is 3.72. The summed E-state index contributed by atoms with van der Waals surface area (Å²) in [5.41, 5.74) is 0. The van der Waals surface area contributed by atoms with Gasteiger partial charge in [0.05, 0.1) is 0 Å². The second kappa shape index (κ2) is 8.71. The predicted molar refractivity (Wildman–Crippen MR) is 73.2 cm³/mol. The zero-order valence-electron chi connectivity index (χ0n) is 10.9. The number of esters is 1. The maximum atomic E-state index is 11.0. The van der Waals surface area contributed by atoms with Crippen LogP contribution in [0.25, 0.3) is 0 Å². The molecule has 1 unspecified atom stereocenters. The molecule has 1 aromatic heterocycles. The first-order valence-electron chi connectivity index (χ1n) is 6.29. The molecule has 0 aliphatic carbocycles. The zero-order chi connectivity index (χ0) is 13.2. The van der Waals surface area contributed by atoms with Gasteiger partial charge in [-0.2, -0.15) is 0 Å². The molecule has 0 fully saturated rings. The number of hydrogen-bond acceptors (Lipinski definition) is 4. The van der Waals surface area contributed by atoms with Crippen LogP contribution in [0.15, 0.2) is 11.6 Å². The Balaban J connectivity index is 2.47. The Hall–Kier alpha value is -1.34. The molecule has 3 nitrogen and oxygen atoms in total. The van der Waals surface area contributed by atoms with Gasteiger partial charge in [0.2, 0.25) is 6.10 Å². The molecular formula is C14H19NO2S. The molecule has 1 rings (SSSR count). The van der Waals surface area contributed by atoms with E-state index in [0.29, 0.717) is 0 Å². The van der Waals surface area contributed by atoms with Crippen LogP contribution in [0.3, 0.4) is 0 Å². The molecule has 0 amide bonds. The lowest BCUT2D eigenvalue weighted by Crippen LogP contribution is -2.06. The van der Waals surface area contributed by atoms with Crippen molar-refractivity contribution in [1.29, 1.82) is 0 Å². The maximum absolute atomic E-state index is 11.0. The minimum Gasteiger partial charge on any atom is -0.442 e. The topological polar surface area (TPSA) is 39.2 Å². The van der Waals surface area contributed by atoms with Crippen molar-refractivity contribution in [2.75, 3.05) is 0 Å². The van der Waals surface area contributed by atoms with Crippen molar-refractivity contribution >= 4 is 17.3 Å². The van der Waals surface area contributed by atoms with Gasteiger partial charge in [-0.3, -0.25) is 4.79 Å². The summed E-state index contributed by atoms with van der Waals surface area (Å²) in [4.78, 5) is 15.1. The summed E-state index contributed by atoms with van der Waals surface area (Å²) in [5, 5.41) is 2.60. The van der Waals surface area contributed by atoms with E-state index in [4.69, 9.17) is 4.74 Å². The standard InChI is InChI=1S/C14H19NO2S/c1-3-4-5-6-7-8-9-13(17-12(2)16)14-15-10-11-18-14/h10-11,13H,3-7H2,1-2H3. The number of rotatable bonds is 6. The summed E-state index contributed by atoms with van der Waals surface area (Å²) in [6, 6.07) is 0. The number of carbonyl (C=O) groups excluding carboxylic acids is 1. The fraction of sp³-hybridized carbons (Fsp3) is 0.571. The summed E-state index contributed by atoms with van der Waals surface area (Å²) in [7, 11) is 0. The lowest BCUT2D eigenvalue weighted by molar-refractivity contribution is -0.144. The highest BCUT2D eigenvalue weighted by atomic mass is 32.1. The maximum Gasteiger partial charge on any atom is 0.304 e. The molecule has 0 saturated carbocycles. The average Bonchev–Trinajstić information content (AvgIpc) is 2.85. The van der Waals surface area contributed by atoms with Crippen molar-refractivity contribution in [3.05, 3.63) is 16.6 Å². The van der Waals surface area contributed by atoms with Gasteiger partial charge in [0.25, 0.3) is 0 Å². The highest BCUT2D eigenvalue weighted by molar-refractivity contribution is 7.09. The van der Waals surface area contributed by atoms with E-state index in [2.05, 4.69) is 23.7 Å². The molecular weight excluding hydrogens is 246 g/mol. The minimum absolute atomic E-state index is 0.324. The largest absolute Gasteiger partial charge is 0.442 e. The van der Waals surface area contributed by atoms with Crippen molar-refractivity contribution < 1.29 is 9.53 Å². The molecule has 0 spiro atoms. The van der Waals surface area contributed by atoms with Crippen molar-refractivity contribution in [2.24, 2.45) is 0 Å². The van der Waals surface area contributed by atoms with Crippen LogP contribution >= 0.6 is 11.3 Å². The lowest BCUT2D eigenvalue weighted by Gasteiger charge is -2.07. The summed E-state index contributed by atoms with van der Waals surface area (Å²) in [6.45, 7) is 3.58. The van der Waals surface area contributed by atoms with Crippen molar-refractivity contribution in [3.8, 4) is 11.8 Å². The Morgan fingerprint density at radius 2 is 2.33 bits per heavy atom. The van der Waals surface area contributed by atoms with Gasteiger partial charge in [-0.15, -0.1) is 11.3 Å². The molecule has 1 heterocycles. The van der Waals surface area contributed by atoms with Crippen molar-refractivity contribution in [2.45, 2.75) is 52.1 Å². The molecule has 1 atom stereocenters. The zero-order valence-corrected chi connectivity index (χ0v) is 11.8. The van der Waals surface area contributed by atoms with Crippen molar-refractivity contribution in [1.82, 2.24) is 4.98 Å². The van der Waals surface area contributed by atoms with E-state index in [-0.39, 0.29) is 5.97 Å². The monoisotopic (exact) mass is 265 g/mol. The van der Waals surface area contributed by atoms with E-state index < -0.39 is 6.10 Å². The van der Waals surface area contributed by atoms with E-state index in [1.807, 2.05) is 5.38 Å². The average molecular weight is 265 g/mol. The summed E-state index contributed by atoms with van der Waals surface area (Å²) in [5.74, 6) is 5.74. The number of aromatic nitrogens is 1. The molecule has 18 heavy (non-hydrogen) atoms. The van der Waals surface area contributed by atoms with Gasteiger partial charge in [-0.1, -0.05) is 38.0 Å². The first-order valence-corrected chi connectivity index (χ1v) is 7.17. The summed E-state index contributed by atoms with van der Waals surface area (Å²) < 4.78 is 5.16. The molecule has 1 aromatic rings. The summed E-state index contributed by atoms with van der Waals surface area (Å²) >= 11 is 1.45. The van der Waals surface area contributed by atoms with E-state index in [9.17, 15) is 4.79 Å². The van der Waals surface area contributed by atoms with E-state index in [1.54, 1.807) is 6.20 Å². The van der Waals surface area contributed by atoms with E-state index in [1.165, 1.54) is 37.5 Å². The van der Waals surface area contributed by atoms with Gasteiger partial charge in [-0.05, 0) is 6.42 Å². The molecule has 0 bridgehead atoms. The normalized spacial score (nSPS) is 11.4. The van der Waals surface area contributed by atoms with Crippen molar-refractivity contribution in [3.63, 3.8) is 0 Å². The molecule has 4 heteroatoms. The van der Waals surface area contributed by atoms with E-state index >= 15 is 0 Å². The van der Waals surface area contributed by atoms with Crippen LogP contribution in [0.2, 0.25) is 0 Å². The fourth-order valence-corrected chi connectivity index (χ4v) is 2.09. The molecule has 0 N–H and O–H groups in total. The molecule has 0 radical (unpaired) electrons. The number of thiazole rings is 1. The number of unbranched alkanes of at least 4 members (excludes halogenated alkanes) is 4. The molecule has 0 aromatic carbocycles. The number of nitrogens with zero attached hydrogens (tertiary/aromatic N) is 1. The van der Waals surface area contributed by atoms with Crippen LogP contribution in [0.4, 0.5) is 0 Å². The number of carbonyl (C=O) groups is 1. The Bertz CT molecular complexity index is 403. The number of ether oxygens (including phenoxy) is 1. The van der Waals surface area contributed by atoms with Crippen LogP contribution in [0.5, 0.6) is 0 Å². The second-order valence-corrected chi connectivity index (χ2v) is 4.92. The first kappa shape index (κ1) is 14.7. The smallest absolute Gasteiger partial charge is 0.304 e. The molecule has 0 saturated heterocycles. The van der Waals surface area contributed by atoms with E-state index in [0.717, 1.165) is 17.8 Å². The highest BCUT2D eigenvalue weighted by Crippen LogP contribution is 2.19. The van der Waals surface area contributed by atoms with Crippen LogP contribution in [0, 0.1) is 11.8 Å². The first-order chi connectivity index (χ1) is 8.74. The minimum atomic E-state index is -0.506. The highest BCUT2D eigenvalue weighted by Gasteiger charge is 2.13. The Morgan fingerprint density at radius 3 is 2.94 bits per heavy atom. The third-order valence-corrected chi connectivity index (χ3v) is 3.17. The summed E-state index contributed by atoms with van der Waals surface area (Å²) in [6.07, 6.45) is 6.83. The van der Waals surface area contributed by atoms with Gasteiger partial charge in [0.15, 0.2) is 0 Å². The Morgan fingerprint density at radius 1 is 1.50 bits per heavy atom. The second-order valence-electron chi connectivity index (χ2n) is 3.99. The SMILES string of the molecule is CCCCCCC#CC(OC(C)=O)c1nccs1. The Kier molecular flexibility index (Phi) is 7.12. The quantitative estimate of drug-likeness (QED) is 0.447. The fourth-order valence-electron chi connectivity index (χ4n) is 1.48. The third-order valence-electron chi connectivity index (χ3n) is 2.35. The van der Waals surface area contributed by atoms with Crippen LogP contribution < -0.4 is 0 Å². The van der Waals surface area contributed by atoms with Gasteiger partial charge in [-0.25, -0.2) is 4.98 Å². The van der Waals surface area contributed by atoms with Crippen LogP contribution in [0.1, 0.15) is 57.1 Å². The van der Waals surface area contributed by atoms with Gasteiger partial charge in [0, 0.05) is 24.9 Å².